The van der Waals surface area contributed by atoms with Gasteiger partial charge in [0.2, 0.25) is 0 Å². The molecule has 0 aliphatic carbocycles. The molecule has 0 saturated heterocycles. The Balaban J connectivity index is 1.17. The number of nitrogens with zero attached hydrogens (tertiary/aromatic N) is 6. The number of fused-ring (bicyclic) bond motifs is 6. The highest BCUT2D eigenvalue weighted by atomic mass is 15.0. The third kappa shape index (κ3) is 5.38. The smallest absolute Gasteiger partial charge is 0.101 e. The fourth-order valence-electron chi connectivity index (χ4n) is 8.28. The van der Waals surface area contributed by atoms with Gasteiger partial charge in [-0.3, -0.25) is 0 Å². The lowest BCUT2D eigenvalue weighted by Gasteiger charge is -2.15. The minimum absolute atomic E-state index is 0.529. The van der Waals surface area contributed by atoms with Gasteiger partial charge >= 0.3 is 0 Å². The van der Waals surface area contributed by atoms with Gasteiger partial charge in [-0.2, -0.15) is 21.0 Å². The Morgan fingerprint density at radius 2 is 0.638 bits per heavy atom. The van der Waals surface area contributed by atoms with E-state index in [9.17, 15) is 21.0 Å². The van der Waals surface area contributed by atoms with Gasteiger partial charge in [-0.25, -0.2) is 0 Å². The standard InChI is InChI=1S/C52H28N6/c53-29-33-9-13-35(14-10-33)37-21-23-45-43-5-1-3-7-47(43)57(51(45)27-37)49-25-39(17-19-41(49)31-55)40-18-20-42(32-56)50(26-40)58-48-8-4-2-6-44(48)46-24-22-38(28-52(46)58)36-15-11-34(30-54)12-16-36/h1-28H. The maximum Gasteiger partial charge on any atom is 0.101 e. The molecule has 0 spiro atoms. The molecule has 0 N–H and O–H groups in total. The quantitative estimate of drug-likeness (QED) is 0.175. The molecule has 10 rings (SSSR count). The predicted molar refractivity (Wildman–Crippen MR) is 230 cm³/mol. The molecule has 266 valence electrons. The summed E-state index contributed by atoms with van der Waals surface area (Å²) >= 11 is 0. The van der Waals surface area contributed by atoms with Crippen LogP contribution in [0.2, 0.25) is 0 Å². The first-order chi connectivity index (χ1) is 28.6. The lowest BCUT2D eigenvalue weighted by molar-refractivity contribution is 1.16. The number of benzene rings is 8. The number of para-hydroxylation sites is 2. The lowest BCUT2D eigenvalue weighted by atomic mass is 9.99. The molecular weight excluding hydrogens is 709 g/mol. The van der Waals surface area contributed by atoms with Crippen molar-refractivity contribution in [1.82, 2.24) is 9.13 Å². The highest BCUT2D eigenvalue weighted by Gasteiger charge is 2.20. The van der Waals surface area contributed by atoms with Crippen molar-refractivity contribution in [2.75, 3.05) is 0 Å². The second-order valence-corrected chi connectivity index (χ2v) is 14.2. The molecule has 0 saturated carbocycles. The molecule has 0 unspecified atom stereocenters. The Labute approximate surface area is 333 Å². The third-order valence-corrected chi connectivity index (χ3v) is 11.1. The second kappa shape index (κ2) is 13.6. The molecule has 0 fully saturated rings. The van der Waals surface area contributed by atoms with Gasteiger partial charge in [0.1, 0.15) is 12.1 Å². The van der Waals surface area contributed by atoms with Crippen molar-refractivity contribution >= 4 is 43.6 Å². The van der Waals surface area contributed by atoms with E-state index < -0.39 is 0 Å². The van der Waals surface area contributed by atoms with Crippen molar-refractivity contribution in [2.24, 2.45) is 0 Å². The van der Waals surface area contributed by atoms with Gasteiger partial charge in [-0.05, 0) is 106 Å². The maximum atomic E-state index is 10.5. The van der Waals surface area contributed by atoms with Gasteiger partial charge in [0.05, 0.1) is 67.8 Å². The third-order valence-electron chi connectivity index (χ3n) is 11.1. The first kappa shape index (κ1) is 33.9. The monoisotopic (exact) mass is 736 g/mol. The molecule has 10 aromatic rings. The molecule has 58 heavy (non-hydrogen) atoms. The zero-order valence-corrected chi connectivity index (χ0v) is 30.8. The van der Waals surface area contributed by atoms with Crippen molar-refractivity contribution in [3.8, 4) is 69.0 Å². The summed E-state index contributed by atoms with van der Waals surface area (Å²) in [5.41, 5.74) is 13.4. The van der Waals surface area contributed by atoms with Crippen molar-refractivity contribution in [3.05, 3.63) is 192 Å². The molecular formula is C52H28N6. The van der Waals surface area contributed by atoms with Crippen molar-refractivity contribution in [3.63, 3.8) is 0 Å². The van der Waals surface area contributed by atoms with Crippen LogP contribution in [0.4, 0.5) is 0 Å². The van der Waals surface area contributed by atoms with Gasteiger partial charge < -0.3 is 9.13 Å². The van der Waals surface area contributed by atoms with Gasteiger partial charge in [0, 0.05) is 21.5 Å². The number of aromatic nitrogens is 2. The molecule has 2 aromatic heterocycles. The van der Waals surface area contributed by atoms with Crippen LogP contribution < -0.4 is 0 Å². The summed E-state index contributed by atoms with van der Waals surface area (Å²) in [4.78, 5) is 0. The van der Waals surface area contributed by atoms with E-state index in [1.165, 1.54) is 0 Å². The average molecular weight is 737 g/mol. The molecule has 6 nitrogen and oxygen atoms in total. The van der Waals surface area contributed by atoms with Crippen LogP contribution >= 0.6 is 0 Å². The van der Waals surface area contributed by atoms with E-state index in [0.29, 0.717) is 22.3 Å². The number of hydrogen-bond donors (Lipinski definition) is 0. The molecule has 0 aliphatic heterocycles. The minimum Gasteiger partial charge on any atom is -0.308 e. The normalized spacial score (nSPS) is 11.0. The minimum atomic E-state index is 0.529. The number of rotatable bonds is 5. The van der Waals surface area contributed by atoms with Crippen LogP contribution in [0.5, 0.6) is 0 Å². The second-order valence-electron chi connectivity index (χ2n) is 14.2. The van der Waals surface area contributed by atoms with Gasteiger partial charge in [0.15, 0.2) is 0 Å². The highest BCUT2D eigenvalue weighted by Crippen LogP contribution is 2.39. The zero-order valence-electron chi connectivity index (χ0n) is 30.8. The van der Waals surface area contributed by atoms with Crippen LogP contribution in [0.15, 0.2) is 170 Å². The predicted octanol–water partition coefficient (Wildman–Crippen LogP) is 12.4. The number of nitriles is 4. The summed E-state index contributed by atoms with van der Waals surface area (Å²) in [6.45, 7) is 0. The summed E-state index contributed by atoms with van der Waals surface area (Å²) in [6, 6.07) is 65.5. The van der Waals surface area contributed by atoms with Crippen molar-refractivity contribution < 1.29 is 0 Å². The molecule has 0 radical (unpaired) electrons. The zero-order chi connectivity index (χ0) is 39.3. The Kier molecular flexibility index (Phi) is 7.92. The molecule has 2 heterocycles. The maximum absolute atomic E-state index is 10.5. The van der Waals surface area contributed by atoms with Crippen LogP contribution in [0.1, 0.15) is 22.3 Å². The van der Waals surface area contributed by atoms with E-state index in [1.807, 2.05) is 97.1 Å². The lowest BCUT2D eigenvalue weighted by Crippen LogP contribution is -2.00. The van der Waals surface area contributed by atoms with E-state index >= 15 is 0 Å². The van der Waals surface area contributed by atoms with Crippen LogP contribution in [-0.4, -0.2) is 9.13 Å². The Morgan fingerprint density at radius 1 is 0.293 bits per heavy atom. The topological polar surface area (TPSA) is 105 Å². The van der Waals surface area contributed by atoms with Crippen molar-refractivity contribution in [2.45, 2.75) is 0 Å². The fourth-order valence-corrected chi connectivity index (χ4v) is 8.28. The van der Waals surface area contributed by atoms with E-state index in [0.717, 1.165) is 88.4 Å². The SMILES string of the molecule is N#Cc1ccc(-c2ccc3c4ccccc4n(-c4cc(-c5ccc(C#N)c(-n6c7ccccc7c7ccc(-c8ccc(C#N)cc8)cc76)c5)ccc4C#N)c3c2)cc1. The van der Waals surface area contributed by atoms with Crippen LogP contribution in [-0.2, 0) is 0 Å². The summed E-state index contributed by atoms with van der Waals surface area (Å²) in [5, 5.41) is 44.1. The Hall–Kier alpha value is -8.68. The van der Waals surface area contributed by atoms with E-state index in [2.05, 4.69) is 106 Å². The van der Waals surface area contributed by atoms with Crippen LogP contribution in [0.25, 0.3) is 88.4 Å². The van der Waals surface area contributed by atoms with E-state index in [1.54, 1.807) is 0 Å². The Morgan fingerprint density at radius 3 is 1.03 bits per heavy atom. The first-order valence-corrected chi connectivity index (χ1v) is 18.7. The largest absolute Gasteiger partial charge is 0.308 e. The summed E-state index contributed by atoms with van der Waals surface area (Å²) in [6.07, 6.45) is 0. The van der Waals surface area contributed by atoms with Crippen LogP contribution in [0, 0.1) is 45.3 Å². The van der Waals surface area contributed by atoms with Gasteiger partial charge in [-0.1, -0.05) is 97.1 Å². The molecule has 0 aliphatic rings. The van der Waals surface area contributed by atoms with E-state index in [-0.39, 0.29) is 0 Å². The molecule has 0 amide bonds. The summed E-state index contributed by atoms with van der Waals surface area (Å²) in [5.74, 6) is 0. The molecule has 6 heteroatoms. The molecule has 8 aromatic carbocycles. The van der Waals surface area contributed by atoms with E-state index in [4.69, 9.17) is 0 Å². The highest BCUT2D eigenvalue weighted by molar-refractivity contribution is 6.11. The first-order valence-electron chi connectivity index (χ1n) is 18.7. The van der Waals surface area contributed by atoms with Gasteiger partial charge in [-0.15, -0.1) is 0 Å². The Bertz CT molecular complexity index is 3250. The van der Waals surface area contributed by atoms with Gasteiger partial charge in [0.25, 0.3) is 0 Å². The molecule has 0 atom stereocenters. The number of hydrogen-bond acceptors (Lipinski definition) is 4. The fraction of sp³-hybridized carbons (Fsp3) is 0. The molecule has 0 bridgehead atoms. The average Bonchev–Trinajstić information content (AvgIpc) is 3.80. The van der Waals surface area contributed by atoms with Crippen LogP contribution in [0.3, 0.4) is 0 Å². The van der Waals surface area contributed by atoms with Crippen molar-refractivity contribution in [1.29, 1.82) is 21.0 Å². The summed E-state index contributed by atoms with van der Waals surface area (Å²) < 4.78 is 4.34. The summed E-state index contributed by atoms with van der Waals surface area (Å²) in [7, 11) is 0.